The van der Waals surface area contributed by atoms with E-state index in [1.54, 1.807) is 0 Å². The Balaban J connectivity index is 1.23. The highest BCUT2D eigenvalue weighted by Crippen LogP contribution is 2.76. The van der Waals surface area contributed by atoms with Crippen molar-refractivity contribution in [3.63, 3.8) is 0 Å². The Labute approximate surface area is 385 Å². The van der Waals surface area contributed by atoms with Crippen LogP contribution >= 0.6 is 0 Å². The zero-order valence-electron chi connectivity index (χ0n) is 40.8. The summed E-state index contributed by atoms with van der Waals surface area (Å²) in [6, 6.07) is -0.984. The normalized spacial score (nSPS) is 26.8. The van der Waals surface area contributed by atoms with Gasteiger partial charge in [-0.25, -0.2) is 0 Å². The smallest absolute Gasteiger partial charge is 0.220 e. The van der Waals surface area contributed by atoms with Gasteiger partial charge in [0.25, 0.3) is 0 Å². The topological polar surface area (TPSA) is 169 Å². The van der Waals surface area contributed by atoms with Gasteiger partial charge in [-0.15, -0.1) is 0 Å². The molecule has 3 aliphatic carbocycles. The third-order valence-corrected chi connectivity index (χ3v) is 15.2. The quantitative estimate of drug-likeness (QED) is 0.0295. The van der Waals surface area contributed by atoms with Gasteiger partial charge in [-0.2, -0.15) is 0 Å². The molecule has 0 radical (unpaired) electrons. The average molecular weight is 896 g/mol. The van der Waals surface area contributed by atoms with Gasteiger partial charge in [0.1, 0.15) is 30.5 Å². The Hall–Kier alpha value is -0.850. The van der Waals surface area contributed by atoms with Crippen molar-refractivity contribution < 1.29 is 44.9 Å². The Morgan fingerprint density at radius 2 is 0.968 bits per heavy atom. The van der Waals surface area contributed by atoms with E-state index < -0.39 is 55.6 Å². The summed E-state index contributed by atoms with van der Waals surface area (Å²) in [7, 11) is 0. The number of aliphatic hydroxyl groups is 6. The van der Waals surface area contributed by atoms with Gasteiger partial charge in [-0.05, 0) is 55.8 Å². The van der Waals surface area contributed by atoms with Crippen molar-refractivity contribution in [3.8, 4) is 0 Å². The molecular weight excluding hydrogens is 795 g/mol. The fourth-order valence-electron chi connectivity index (χ4n) is 11.3. The van der Waals surface area contributed by atoms with Crippen molar-refractivity contribution >= 4 is 5.91 Å². The van der Waals surface area contributed by atoms with Gasteiger partial charge in [0.15, 0.2) is 6.29 Å². The molecule has 10 heteroatoms. The number of carbonyl (C=O) groups is 1. The Morgan fingerprint density at radius 3 is 1.40 bits per heavy atom. The molecule has 4 rings (SSSR count). The summed E-state index contributed by atoms with van der Waals surface area (Å²) in [4.78, 5) is 13.1. The Kier molecular flexibility index (Phi) is 30.1. The molecule has 0 spiro atoms. The second-order valence-electron chi connectivity index (χ2n) is 21.1. The Morgan fingerprint density at radius 1 is 0.571 bits per heavy atom. The molecule has 2 bridgehead atoms. The van der Waals surface area contributed by atoms with Crippen LogP contribution in [0.25, 0.3) is 0 Å². The number of ether oxygens (including phenoxy) is 2. The Bertz CT molecular complexity index is 1100. The number of aliphatic hydroxyl groups excluding tert-OH is 6. The summed E-state index contributed by atoms with van der Waals surface area (Å²) in [6.07, 6.45) is 37.7. The summed E-state index contributed by atoms with van der Waals surface area (Å²) in [5.41, 5.74) is 1.45. The van der Waals surface area contributed by atoms with Crippen LogP contribution in [0.5, 0.6) is 0 Å². The maximum absolute atomic E-state index is 13.1. The lowest BCUT2D eigenvalue weighted by Crippen LogP contribution is -2.61. The van der Waals surface area contributed by atoms with Gasteiger partial charge >= 0.3 is 0 Å². The molecule has 0 aromatic heterocycles. The van der Waals surface area contributed by atoms with Gasteiger partial charge in [0.05, 0.1) is 25.4 Å². The molecule has 10 nitrogen and oxygen atoms in total. The van der Waals surface area contributed by atoms with E-state index in [1.165, 1.54) is 193 Å². The lowest BCUT2D eigenvalue weighted by molar-refractivity contribution is -0.303. The number of hydrogen-bond acceptors (Lipinski definition) is 9. The number of carbonyl (C=O) groups excluding carboxylic acids is 1. The van der Waals surface area contributed by atoms with E-state index >= 15 is 0 Å². The van der Waals surface area contributed by atoms with Crippen molar-refractivity contribution in [2.75, 3.05) is 13.2 Å². The molecule has 372 valence electrons. The molecule has 7 N–H and O–H groups in total. The van der Waals surface area contributed by atoms with E-state index in [1.807, 2.05) is 0 Å². The fraction of sp³-hybridized carbons (Fsp3) is 0.981. The van der Waals surface area contributed by atoms with Crippen LogP contribution in [0.1, 0.15) is 258 Å². The lowest BCUT2D eigenvalue weighted by atomic mass is 9.33. The highest BCUT2D eigenvalue weighted by molar-refractivity contribution is 5.76. The zero-order valence-corrected chi connectivity index (χ0v) is 40.8. The second-order valence-corrected chi connectivity index (χ2v) is 21.1. The van der Waals surface area contributed by atoms with Crippen LogP contribution < -0.4 is 5.32 Å². The highest BCUT2D eigenvalue weighted by Gasteiger charge is 2.65. The summed E-state index contributed by atoms with van der Waals surface area (Å²) < 4.78 is 11.2. The molecule has 4 fully saturated rings. The first-order valence-corrected chi connectivity index (χ1v) is 27.2. The summed E-state index contributed by atoms with van der Waals surface area (Å²) in [5.74, 6) is -0.247. The van der Waals surface area contributed by atoms with E-state index in [0.29, 0.717) is 18.3 Å². The molecule has 1 saturated heterocycles. The third kappa shape index (κ3) is 22.2. The first-order valence-electron chi connectivity index (χ1n) is 27.2. The third-order valence-electron chi connectivity index (χ3n) is 15.2. The molecule has 1 amide bonds. The van der Waals surface area contributed by atoms with Crippen LogP contribution in [0.15, 0.2) is 0 Å². The van der Waals surface area contributed by atoms with Crippen LogP contribution in [0, 0.1) is 10.8 Å². The highest BCUT2D eigenvalue weighted by atomic mass is 16.7. The van der Waals surface area contributed by atoms with E-state index in [9.17, 15) is 35.4 Å². The molecule has 1 aliphatic heterocycles. The largest absolute Gasteiger partial charge is 0.394 e. The first kappa shape index (κ1) is 56.5. The second kappa shape index (κ2) is 33.6. The average Bonchev–Trinajstić information content (AvgIpc) is 3.25. The van der Waals surface area contributed by atoms with E-state index in [2.05, 4.69) is 19.2 Å². The molecule has 63 heavy (non-hydrogen) atoms. The predicted octanol–water partition coefficient (Wildman–Crippen LogP) is 10.9. The summed E-state index contributed by atoms with van der Waals surface area (Å²) in [6.45, 7) is 3.64. The van der Waals surface area contributed by atoms with Crippen molar-refractivity contribution in [1.82, 2.24) is 5.32 Å². The van der Waals surface area contributed by atoms with Gasteiger partial charge in [-0.3, -0.25) is 4.79 Å². The van der Waals surface area contributed by atoms with Gasteiger partial charge in [-0.1, -0.05) is 206 Å². The number of rotatable bonds is 43. The number of unbranched alkanes of at least 4 members (excludes halogenated alkanes) is 28. The van der Waals surface area contributed by atoms with Crippen LogP contribution in [-0.2, 0) is 14.3 Å². The molecular formula is C53H101NO9. The molecule has 1 heterocycles. The fourth-order valence-corrected chi connectivity index (χ4v) is 11.3. The molecule has 0 aromatic carbocycles. The van der Waals surface area contributed by atoms with Crippen molar-refractivity contribution in [3.05, 3.63) is 0 Å². The van der Waals surface area contributed by atoms with E-state index in [4.69, 9.17) is 9.47 Å². The number of amides is 1. The maximum Gasteiger partial charge on any atom is 0.220 e. The van der Waals surface area contributed by atoms with Crippen LogP contribution in [0.3, 0.4) is 0 Å². The van der Waals surface area contributed by atoms with Crippen LogP contribution in [0.4, 0.5) is 0 Å². The predicted molar refractivity (Wildman–Crippen MR) is 255 cm³/mol. The first-order chi connectivity index (χ1) is 30.6. The standard InChI is InChI=1S/C53H101NO9/c1-3-5-7-9-11-13-15-16-18-22-26-30-34-44(56)47(58)43(39-62-51-50(61)49(60)48(59)45(38-55)63-51)54-46(57)35-31-27-23-19-21-25-29-33-37-53-40-52(41-53,42-53)36-32-28-24-20-17-14-12-10-8-6-4-2/h43-45,47-51,55-56,58-61H,3-42H2,1-2H3,(H,54,57)/t43-,44+,45?,47-,48?,49?,50?,51?,52?,53?/m0/s1. The molecule has 8 atom stereocenters. The minimum Gasteiger partial charge on any atom is -0.394 e. The van der Waals surface area contributed by atoms with E-state index in [0.717, 1.165) is 43.9 Å². The molecule has 4 aliphatic rings. The van der Waals surface area contributed by atoms with Crippen LogP contribution in [-0.4, -0.2) is 98.7 Å². The van der Waals surface area contributed by atoms with Crippen molar-refractivity contribution in [2.24, 2.45) is 10.8 Å². The van der Waals surface area contributed by atoms with Crippen molar-refractivity contribution in [2.45, 2.75) is 307 Å². The monoisotopic (exact) mass is 896 g/mol. The minimum atomic E-state index is -1.60. The van der Waals surface area contributed by atoms with E-state index in [-0.39, 0.29) is 12.5 Å². The molecule has 3 saturated carbocycles. The van der Waals surface area contributed by atoms with Crippen molar-refractivity contribution in [1.29, 1.82) is 0 Å². The minimum absolute atomic E-state index is 0.247. The number of nitrogens with one attached hydrogen (secondary N) is 1. The summed E-state index contributed by atoms with van der Waals surface area (Å²) in [5, 5.41) is 65.4. The van der Waals surface area contributed by atoms with Gasteiger partial charge < -0.3 is 45.4 Å². The van der Waals surface area contributed by atoms with Gasteiger partial charge in [0, 0.05) is 6.42 Å². The SMILES string of the molecule is CCCCCCCCCCCCCC[C@@H](O)[C@@H](O)[C@H](COC1OC(CO)C(O)C(O)C1O)NC(=O)CCCCCCCCCCC12CC(CCCCCCCCCCCCC)(C1)C2. The lowest BCUT2D eigenvalue weighted by Gasteiger charge is -2.72. The molecule has 0 aromatic rings. The molecule has 5 unspecified atom stereocenters. The zero-order chi connectivity index (χ0) is 45.6. The maximum atomic E-state index is 13.1. The number of hydrogen-bond donors (Lipinski definition) is 7. The van der Waals surface area contributed by atoms with Crippen LogP contribution in [0.2, 0.25) is 0 Å². The summed E-state index contributed by atoms with van der Waals surface area (Å²) >= 11 is 0. The van der Waals surface area contributed by atoms with Gasteiger partial charge in [0.2, 0.25) is 5.91 Å².